The minimum absolute atomic E-state index is 0.173. The lowest BCUT2D eigenvalue weighted by molar-refractivity contribution is -0.143. The Morgan fingerprint density at radius 3 is 2.65 bits per heavy atom. The molecular formula is C13H24N2O2. The fourth-order valence-corrected chi connectivity index (χ4v) is 2.84. The Kier molecular flexibility index (Phi) is 4.40. The lowest BCUT2D eigenvalue weighted by Gasteiger charge is -2.35. The van der Waals surface area contributed by atoms with E-state index >= 15 is 0 Å². The molecule has 98 valence electrons. The fourth-order valence-electron chi connectivity index (χ4n) is 2.84. The first-order valence-corrected chi connectivity index (χ1v) is 6.82. The number of nitrogens with zero attached hydrogens (tertiary/aromatic N) is 1. The highest BCUT2D eigenvalue weighted by atomic mass is 16.5. The summed E-state index contributed by atoms with van der Waals surface area (Å²) in [7, 11) is 0. The highest BCUT2D eigenvalue weighted by Crippen LogP contribution is 2.15. The quantitative estimate of drug-likeness (QED) is 0.804. The molecule has 1 N–H and O–H groups in total. The van der Waals surface area contributed by atoms with Gasteiger partial charge < -0.3 is 15.0 Å². The number of ether oxygens (including phenoxy) is 1. The van der Waals surface area contributed by atoms with E-state index in [1.807, 2.05) is 18.7 Å². The minimum atomic E-state index is 0.173. The molecule has 0 saturated carbocycles. The summed E-state index contributed by atoms with van der Waals surface area (Å²) in [6.45, 7) is 6.69. The topological polar surface area (TPSA) is 41.6 Å². The first-order valence-electron chi connectivity index (χ1n) is 6.82. The van der Waals surface area contributed by atoms with Gasteiger partial charge in [-0.15, -0.1) is 0 Å². The summed E-state index contributed by atoms with van der Waals surface area (Å²) in [5, 5.41) is 3.44. The van der Waals surface area contributed by atoms with E-state index in [4.69, 9.17) is 4.74 Å². The lowest BCUT2D eigenvalue weighted by Crippen LogP contribution is -2.48. The number of hydrogen-bond donors (Lipinski definition) is 1. The van der Waals surface area contributed by atoms with Crippen molar-refractivity contribution in [2.75, 3.05) is 19.6 Å². The maximum Gasteiger partial charge on any atom is 0.222 e. The number of amides is 1. The van der Waals surface area contributed by atoms with E-state index in [0.717, 1.165) is 26.1 Å². The molecule has 0 aromatic heterocycles. The van der Waals surface area contributed by atoms with Crippen LogP contribution in [0.3, 0.4) is 0 Å². The molecule has 0 bridgehead atoms. The summed E-state index contributed by atoms with van der Waals surface area (Å²) in [6.07, 6.45) is 4.49. The highest BCUT2D eigenvalue weighted by molar-refractivity contribution is 5.76. The van der Waals surface area contributed by atoms with Crippen LogP contribution in [0.15, 0.2) is 0 Å². The van der Waals surface area contributed by atoms with Crippen molar-refractivity contribution in [2.24, 2.45) is 0 Å². The number of nitrogens with one attached hydrogen (secondary N) is 1. The number of morpholine rings is 1. The van der Waals surface area contributed by atoms with E-state index in [-0.39, 0.29) is 12.2 Å². The molecule has 0 spiro atoms. The number of hydrogen-bond acceptors (Lipinski definition) is 3. The summed E-state index contributed by atoms with van der Waals surface area (Å²) < 4.78 is 5.64. The van der Waals surface area contributed by atoms with Crippen molar-refractivity contribution in [1.29, 1.82) is 0 Å². The average Bonchev–Trinajstić information content (AvgIpc) is 2.77. The predicted octanol–water partition coefficient (Wildman–Crippen LogP) is 1.15. The Labute approximate surface area is 104 Å². The largest absolute Gasteiger partial charge is 0.372 e. The molecule has 4 heteroatoms. The van der Waals surface area contributed by atoms with Crippen LogP contribution in [0, 0.1) is 0 Å². The number of carbonyl (C=O) groups is 1. The number of carbonyl (C=O) groups excluding carboxylic acids is 1. The van der Waals surface area contributed by atoms with Crippen LogP contribution < -0.4 is 5.32 Å². The molecule has 0 aromatic carbocycles. The van der Waals surface area contributed by atoms with Gasteiger partial charge >= 0.3 is 0 Å². The third kappa shape index (κ3) is 3.68. The zero-order valence-corrected chi connectivity index (χ0v) is 10.9. The van der Waals surface area contributed by atoms with Crippen molar-refractivity contribution in [3.05, 3.63) is 0 Å². The Hall–Kier alpha value is -0.610. The van der Waals surface area contributed by atoms with Crippen molar-refractivity contribution in [3.63, 3.8) is 0 Å². The molecule has 0 aliphatic carbocycles. The fraction of sp³-hybridized carbons (Fsp3) is 0.923. The summed E-state index contributed by atoms with van der Waals surface area (Å²) >= 11 is 0. The minimum Gasteiger partial charge on any atom is -0.372 e. The van der Waals surface area contributed by atoms with E-state index in [2.05, 4.69) is 5.32 Å². The Balaban J connectivity index is 1.74. The second kappa shape index (κ2) is 5.83. The van der Waals surface area contributed by atoms with Gasteiger partial charge in [0.2, 0.25) is 5.91 Å². The van der Waals surface area contributed by atoms with Gasteiger partial charge in [-0.25, -0.2) is 0 Å². The van der Waals surface area contributed by atoms with Crippen LogP contribution in [0.5, 0.6) is 0 Å². The molecular weight excluding hydrogens is 216 g/mol. The van der Waals surface area contributed by atoms with Crippen molar-refractivity contribution < 1.29 is 9.53 Å². The maximum absolute atomic E-state index is 12.1. The van der Waals surface area contributed by atoms with Gasteiger partial charge in [-0.05, 0) is 39.7 Å². The Morgan fingerprint density at radius 1 is 1.35 bits per heavy atom. The molecule has 2 fully saturated rings. The third-order valence-electron chi connectivity index (χ3n) is 3.64. The van der Waals surface area contributed by atoms with Gasteiger partial charge in [-0.3, -0.25) is 4.79 Å². The average molecular weight is 240 g/mol. The van der Waals surface area contributed by atoms with Crippen molar-refractivity contribution in [1.82, 2.24) is 10.2 Å². The summed E-state index contributed by atoms with van der Waals surface area (Å²) in [5.74, 6) is 0.292. The van der Waals surface area contributed by atoms with E-state index in [1.54, 1.807) is 0 Å². The van der Waals surface area contributed by atoms with Crippen LogP contribution in [-0.2, 0) is 9.53 Å². The monoisotopic (exact) mass is 240 g/mol. The van der Waals surface area contributed by atoms with Gasteiger partial charge in [0.15, 0.2) is 0 Å². The van der Waals surface area contributed by atoms with Gasteiger partial charge in [0.05, 0.1) is 12.2 Å². The summed E-state index contributed by atoms with van der Waals surface area (Å²) in [6, 6.07) is 0.565. The van der Waals surface area contributed by atoms with Crippen LogP contribution in [0.25, 0.3) is 0 Å². The van der Waals surface area contributed by atoms with Gasteiger partial charge in [0, 0.05) is 25.6 Å². The normalized spacial score (nSPS) is 34.0. The number of rotatable bonds is 3. The van der Waals surface area contributed by atoms with Gasteiger partial charge in [0.1, 0.15) is 0 Å². The van der Waals surface area contributed by atoms with Crippen LogP contribution in [0.2, 0.25) is 0 Å². The highest BCUT2D eigenvalue weighted by Gasteiger charge is 2.26. The first kappa shape index (κ1) is 12.8. The van der Waals surface area contributed by atoms with Crippen molar-refractivity contribution in [3.8, 4) is 0 Å². The molecule has 2 saturated heterocycles. The van der Waals surface area contributed by atoms with Gasteiger partial charge in [0.25, 0.3) is 0 Å². The summed E-state index contributed by atoms with van der Waals surface area (Å²) in [4.78, 5) is 14.1. The van der Waals surface area contributed by atoms with Crippen LogP contribution in [0.1, 0.15) is 39.5 Å². The zero-order valence-electron chi connectivity index (χ0n) is 10.9. The Morgan fingerprint density at radius 2 is 2.06 bits per heavy atom. The van der Waals surface area contributed by atoms with E-state index < -0.39 is 0 Å². The molecule has 1 amide bonds. The second-order valence-corrected chi connectivity index (χ2v) is 5.39. The zero-order chi connectivity index (χ0) is 12.3. The van der Waals surface area contributed by atoms with Crippen LogP contribution in [-0.4, -0.2) is 48.7 Å². The van der Waals surface area contributed by atoms with E-state index in [0.29, 0.717) is 18.4 Å². The molecule has 3 unspecified atom stereocenters. The van der Waals surface area contributed by atoms with Crippen molar-refractivity contribution >= 4 is 5.91 Å². The molecule has 2 aliphatic rings. The van der Waals surface area contributed by atoms with Gasteiger partial charge in [-0.2, -0.15) is 0 Å². The van der Waals surface area contributed by atoms with E-state index in [1.165, 1.54) is 12.8 Å². The SMILES string of the molecule is CC1CN(C(=O)CCC2CCCN2)CC(C)O1. The first-order chi connectivity index (χ1) is 8.15. The molecule has 4 nitrogen and oxygen atoms in total. The summed E-state index contributed by atoms with van der Waals surface area (Å²) in [5.41, 5.74) is 0. The molecule has 3 atom stereocenters. The maximum atomic E-state index is 12.1. The smallest absolute Gasteiger partial charge is 0.222 e. The Bertz CT molecular complexity index is 254. The molecule has 0 aromatic rings. The molecule has 2 rings (SSSR count). The predicted molar refractivity (Wildman–Crippen MR) is 66.8 cm³/mol. The third-order valence-corrected chi connectivity index (χ3v) is 3.64. The molecule has 2 heterocycles. The second-order valence-electron chi connectivity index (χ2n) is 5.39. The lowest BCUT2D eigenvalue weighted by atomic mass is 10.1. The molecule has 17 heavy (non-hydrogen) atoms. The molecule has 0 radical (unpaired) electrons. The standard InChI is InChI=1S/C13H24N2O2/c1-10-8-15(9-11(2)17-10)13(16)6-5-12-4-3-7-14-12/h10-12,14H,3-9H2,1-2H3. The van der Waals surface area contributed by atoms with Gasteiger partial charge in [-0.1, -0.05) is 0 Å². The molecule has 2 aliphatic heterocycles. The van der Waals surface area contributed by atoms with Crippen LogP contribution >= 0.6 is 0 Å². The van der Waals surface area contributed by atoms with Crippen molar-refractivity contribution in [2.45, 2.75) is 57.8 Å². The van der Waals surface area contributed by atoms with E-state index in [9.17, 15) is 4.79 Å². The van der Waals surface area contributed by atoms with Crippen LogP contribution in [0.4, 0.5) is 0 Å².